The maximum atomic E-state index is 11.7. The van der Waals surface area contributed by atoms with Crippen LogP contribution in [0.3, 0.4) is 0 Å². The van der Waals surface area contributed by atoms with Crippen molar-refractivity contribution in [3.05, 3.63) is 0 Å². The molecule has 6 heteroatoms. The lowest BCUT2D eigenvalue weighted by Gasteiger charge is -2.20. The van der Waals surface area contributed by atoms with E-state index in [9.17, 15) is 14.7 Å². The first-order valence-corrected chi connectivity index (χ1v) is 6.27. The van der Waals surface area contributed by atoms with E-state index in [0.29, 0.717) is 6.42 Å². The molecule has 3 atom stereocenters. The zero-order valence-electron chi connectivity index (χ0n) is 11.8. The van der Waals surface area contributed by atoms with Crippen molar-refractivity contribution < 1.29 is 19.4 Å². The van der Waals surface area contributed by atoms with Crippen LogP contribution in [0.5, 0.6) is 0 Å². The monoisotopic (exact) mass is 270 g/mol. The molecule has 0 heterocycles. The van der Waals surface area contributed by atoms with E-state index in [2.05, 4.69) is 10.1 Å². The first-order chi connectivity index (χ1) is 8.81. The summed E-state index contributed by atoms with van der Waals surface area (Å²) in [5.74, 6) is -1.47. The number of aliphatic hydroxyl groups is 1. The highest BCUT2D eigenvalue weighted by molar-refractivity contribution is 5.86. The third-order valence-electron chi connectivity index (χ3n) is 2.61. The topological polar surface area (TPSA) is 99.4 Å². The van der Waals surface area contributed by atoms with E-state index in [1.807, 2.05) is 19.9 Å². The molecule has 0 saturated heterocycles. The Kier molecular flexibility index (Phi) is 7.77. The Hall–Kier alpha value is -1.61. The SMILES string of the molecule is COC(=O)[C@H](C[C@@H](C)C#N)NC(=O)[C@@H](O)CC(C)C. The summed E-state index contributed by atoms with van der Waals surface area (Å²) < 4.78 is 4.57. The number of nitrogens with zero attached hydrogens (tertiary/aromatic N) is 1. The fourth-order valence-corrected chi connectivity index (χ4v) is 1.58. The molecule has 19 heavy (non-hydrogen) atoms. The van der Waals surface area contributed by atoms with Crippen molar-refractivity contribution in [2.45, 2.75) is 45.8 Å². The number of nitriles is 1. The van der Waals surface area contributed by atoms with Crippen LogP contribution in [0, 0.1) is 23.2 Å². The lowest BCUT2D eigenvalue weighted by Crippen LogP contribution is -2.46. The van der Waals surface area contributed by atoms with Crippen LogP contribution in [0.15, 0.2) is 0 Å². The van der Waals surface area contributed by atoms with Crippen LogP contribution in [0.2, 0.25) is 0 Å². The number of amides is 1. The Morgan fingerprint density at radius 2 is 1.89 bits per heavy atom. The zero-order valence-corrected chi connectivity index (χ0v) is 11.8. The van der Waals surface area contributed by atoms with Gasteiger partial charge in [0.1, 0.15) is 12.1 Å². The number of hydrogen-bond acceptors (Lipinski definition) is 5. The smallest absolute Gasteiger partial charge is 0.328 e. The summed E-state index contributed by atoms with van der Waals surface area (Å²) >= 11 is 0. The van der Waals surface area contributed by atoms with Gasteiger partial charge in [-0.1, -0.05) is 13.8 Å². The summed E-state index contributed by atoms with van der Waals surface area (Å²) in [5.41, 5.74) is 0. The van der Waals surface area contributed by atoms with Gasteiger partial charge < -0.3 is 15.2 Å². The van der Waals surface area contributed by atoms with Crippen molar-refractivity contribution in [3.63, 3.8) is 0 Å². The van der Waals surface area contributed by atoms with Crippen LogP contribution in [0.1, 0.15) is 33.6 Å². The Balaban J connectivity index is 4.60. The van der Waals surface area contributed by atoms with E-state index in [-0.39, 0.29) is 12.3 Å². The van der Waals surface area contributed by atoms with Gasteiger partial charge in [0.15, 0.2) is 0 Å². The quantitative estimate of drug-likeness (QED) is 0.660. The molecular weight excluding hydrogens is 248 g/mol. The van der Waals surface area contributed by atoms with E-state index in [1.54, 1.807) is 6.92 Å². The van der Waals surface area contributed by atoms with Crippen LogP contribution in [0.4, 0.5) is 0 Å². The largest absolute Gasteiger partial charge is 0.467 e. The third-order valence-corrected chi connectivity index (χ3v) is 2.61. The second-order valence-corrected chi connectivity index (χ2v) is 5.00. The van der Waals surface area contributed by atoms with Crippen molar-refractivity contribution in [2.75, 3.05) is 7.11 Å². The molecule has 0 fully saturated rings. The minimum absolute atomic E-state index is 0.156. The molecule has 0 aromatic carbocycles. The molecule has 108 valence electrons. The van der Waals surface area contributed by atoms with Crippen molar-refractivity contribution in [1.29, 1.82) is 5.26 Å². The number of carbonyl (C=O) groups excluding carboxylic acids is 2. The minimum atomic E-state index is -1.16. The Bertz CT molecular complexity index is 349. The first-order valence-electron chi connectivity index (χ1n) is 6.27. The fraction of sp³-hybridized carbons (Fsp3) is 0.769. The van der Waals surface area contributed by atoms with Gasteiger partial charge in [-0.25, -0.2) is 4.79 Å². The Morgan fingerprint density at radius 1 is 1.32 bits per heavy atom. The fourth-order valence-electron chi connectivity index (χ4n) is 1.58. The number of rotatable bonds is 7. The number of carbonyl (C=O) groups is 2. The van der Waals surface area contributed by atoms with Gasteiger partial charge in [0.05, 0.1) is 13.2 Å². The van der Waals surface area contributed by atoms with Crippen molar-refractivity contribution in [3.8, 4) is 6.07 Å². The van der Waals surface area contributed by atoms with Crippen molar-refractivity contribution in [1.82, 2.24) is 5.32 Å². The first kappa shape index (κ1) is 17.4. The third kappa shape index (κ3) is 6.77. The highest BCUT2D eigenvalue weighted by atomic mass is 16.5. The average molecular weight is 270 g/mol. The molecular formula is C13H22N2O4. The second kappa shape index (κ2) is 8.48. The molecule has 0 unspecified atom stereocenters. The Labute approximate surface area is 113 Å². The van der Waals surface area contributed by atoms with Gasteiger partial charge in [0.25, 0.3) is 0 Å². The highest BCUT2D eigenvalue weighted by Crippen LogP contribution is 2.09. The molecule has 0 aliphatic heterocycles. The molecule has 1 amide bonds. The van der Waals surface area contributed by atoms with Gasteiger partial charge in [0, 0.05) is 5.92 Å². The molecule has 0 bridgehead atoms. The lowest BCUT2D eigenvalue weighted by atomic mass is 10.0. The summed E-state index contributed by atoms with van der Waals surface area (Å²) in [4.78, 5) is 23.2. The molecule has 0 saturated carbocycles. The summed E-state index contributed by atoms with van der Waals surface area (Å²) in [5, 5.41) is 20.8. The molecule has 6 nitrogen and oxygen atoms in total. The summed E-state index contributed by atoms with van der Waals surface area (Å²) in [6, 6.07) is 1.08. The van der Waals surface area contributed by atoms with Gasteiger partial charge in [0.2, 0.25) is 5.91 Å². The van der Waals surface area contributed by atoms with Crippen LogP contribution in [0.25, 0.3) is 0 Å². The summed E-state index contributed by atoms with van der Waals surface area (Å²) in [6.45, 7) is 5.41. The molecule has 0 aromatic heterocycles. The second-order valence-electron chi connectivity index (χ2n) is 5.00. The molecule has 0 aliphatic carbocycles. The van der Waals surface area contributed by atoms with Gasteiger partial charge in [-0.05, 0) is 25.7 Å². The van der Waals surface area contributed by atoms with Crippen LogP contribution >= 0.6 is 0 Å². The van der Waals surface area contributed by atoms with E-state index < -0.39 is 29.9 Å². The average Bonchev–Trinajstić information content (AvgIpc) is 2.35. The van der Waals surface area contributed by atoms with E-state index in [0.717, 1.165) is 0 Å². The predicted octanol–water partition coefficient (Wildman–Crippen LogP) is 0.601. The van der Waals surface area contributed by atoms with Gasteiger partial charge in [-0.15, -0.1) is 0 Å². The van der Waals surface area contributed by atoms with E-state index in [4.69, 9.17) is 5.26 Å². The predicted molar refractivity (Wildman–Crippen MR) is 68.8 cm³/mol. The zero-order chi connectivity index (χ0) is 15.0. The van der Waals surface area contributed by atoms with Crippen LogP contribution < -0.4 is 5.32 Å². The van der Waals surface area contributed by atoms with Gasteiger partial charge in [-0.3, -0.25) is 4.79 Å². The highest BCUT2D eigenvalue weighted by Gasteiger charge is 2.26. The number of ether oxygens (including phenoxy) is 1. The standard InChI is InChI=1S/C13H22N2O4/c1-8(2)5-11(16)12(17)15-10(13(18)19-4)6-9(3)7-14/h8-11,16H,5-6H2,1-4H3,(H,15,17)/t9-,10+,11+/m1/s1. The van der Waals surface area contributed by atoms with E-state index >= 15 is 0 Å². The van der Waals surface area contributed by atoms with Crippen molar-refractivity contribution in [2.24, 2.45) is 11.8 Å². The van der Waals surface area contributed by atoms with Gasteiger partial charge >= 0.3 is 5.97 Å². The maximum absolute atomic E-state index is 11.7. The maximum Gasteiger partial charge on any atom is 0.328 e. The number of aliphatic hydroxyl groups excluding tert-OH is 1. The number of hydrogen-bond donors (Lipinski definition) is 2. The molecule has 2 N–H and O–H groups in total. The molecule has 0 aromatic rings. The van der Waals surface area contributed by atoms with Crippen molar-refractivity contribution >= 4 is 11.9 Å². The van der Waals surface area contributed by atoms with Gasteiger partial charge in [-0.2, -0.15) is 5.26 Å². The Morgan fingerprint density at radius 3 is 2.32 bits per heavy atom. The van der Waals surface area contributed by atoms with Crippen LogP contribution in [-0.4, -0.2) is 36.2 Å². The number of esters is 1. The normalized spacial score (nSPS) is 15.2. The van der Waals surface area contributed by atoms with E-state index in [1.165, 1.54) is 7.11 Å². The van der Waals surface area contributed by atoms with Crippen LogP contribution in [-0.2, 0) is 14.3 Å². The minimum Gasteiger partial charge on any atom is -0.467 e. The molecule has 0 aliphatic rings. The number of methoxy groups -OCH3 is 1. The molecule has 0 spiro atoms. The lowest BCUT2D eigenvalue weighted by molar-refractivity contribution is -0.146. The molecule has 0 radical (unpaired) electrons. The summed E-state index contributed by atoms with van der Waals surface area (Å²) in [6.07, 6.45) is -0.693. The summed E-state index contributed by atoms with van der Waals surface area (Å²) in [7, 11) is 1.21. The molecule has 0 rings (SSSR count). The number of nitrogens with one attached hydrogen (secondary N) is 1.